The summed E-state index contributed by atoms with van der Waals surface area (Å²) < 4.78 is 15.2. The van der Waals surface area contributed by atoms with Gasteiger partial charge in [-0.2, -0.15) is 4.98 Å². The van der Waals surface area contributed by atoms with Gasteiger partial charge in [0, 0.05) is 58.3 Å². The number of rotatable bonds is 7. The highest BCUT2D eigenvalue weighted by Crippen LogP contribution is 2.36. The number of nitrogens with one attached hydrogen (secondary N) is 3. The third-order valence-corrected chi connectivity index (χ3v) is 8.26. The van der Waals surface area contributed by atoms with Gasteiger partial charge in [-0.3, -0.25) is 9.69 Å². The zero-order valence-electron chi connectivity index (χ0n) is 22.7. The average Bonchev–Trinajstić information content (AvgIpc) is 2.94. The minimum atomic E-state index is -0.420. The van der Waals surface area contributed by atoms with Crippen LogP contribution in [0.15, 0.2) is 30.6 Å². The molecule has 0 atom stereocenters. The van der Waals surface area contributed by atoms with E-state index in [9.17, 15) is 4.79 Å². The van der Waals surface area contributed by atoms with Gasteiger partial charge in [-0.25, -0.2) is 14.4 Å². The largest absolute Gasteiger partial charge is 0.354 e. The Morgan fingerprint density at radius 2 is 1.59 bits per heavy atom. The summed E-state index contributed by atoms with van der Waals surface area (Å²) in [4.78, 5) is 31.6. The molecule has 0 saturated carbocycles. The summed E-state index contributed by atoms with van der Waals surface area (Å²) in [6.07, 6.45) is 4.94. The molecule has 3 aromatic rings. The summed E-state index contributed by atoms with van der Waals surface area (Å²) in [6.45, 7) is 7.25. The van der Waals surface area contributed by atoms with E-state index in [0.717, 1.165) is 52.1 Å². The van der Waals surface area contributed by atoms with E-state index in [4.69, 9.17) is 34.8 Å². The van der Waals surface area contributed by atoms with Gasteiger partial charge in [-0.1, -0.05) is 34.8 Å². The summed E-state index contributed by atoms with van der Waals surface area (Å²) in [5, 5.41) is 9.49. The molecular formula is C27H31Cl3FN9O. The lowest BCUT2D eigenvalue weighted by Crippen LogP contribution is -2.52. The topological polar surface area (TPSA) is 102 Å². The number of pyridine rings is 1. The summed E-state index contributed by atoms with van der Waals surface area (Å²) in [5.41, 5.74) is 1.21. The summed E-state index contributed by atoms with van der Waals surface area (Å²) in [6, 6.07) is 4.99. The highest BCUT2D eigenvalue weighted by molar-refractivity contribution is 6.42. The van der Waals surface area contributed by atoms with Crippen LogP contribution in [-0.2, 0) is 4.79 Å². The first-order chi connectivity index (χ1) is 19.7. The van der Waals surface area contributed by atoms with E-state index in [1.807, 2.05) is 4.90 Å². The molecule has 41 heavy (non-hydrogen) atoms. The fraction of sp³-hybridized carbons (Fsp3) is 0.407. The maximum absolute atomic E-state index is 15.2. The van der Waals surface area contributed by atoms with Gasteiger partial charge in [0.05, 0.1) is 39.5 Å². The van der Waals surface area contributed by atoms with Crippen molar-refractivity contribution >= 4 is 75.4 Å². The quantitative estimate of drug-likeness (QED) is 0.309. The molecule has 0 spiro atoms. The van der Waals surface area contributed by atoms with Crippen molar-refractivity contribution in [2.24, 2.45) is 0 Å². The Bertz CT molecular complexity index is 1410. The zero-order valence-corrected chi connectivity index (χ0v) is 25.0. The molecule has 1 aromatic carbocycles. The van der Waals surface area contributed by atoms with Crippen molar-refractivity contribution in [1.29, 1.82) is 0 Å². The van der Waals surface area contributed by atoms with Crippen LogP contribution in [0.1, 0.15) is 19.8 Å². The van der Waals surface area contributed by atoms with Crippen molar-refractivity contribution in [2.75, 3.05) is 67.2 Å². The molecule has 0 bridgehead atoms. The Hall–Kier alpha value is -2.96. The summed E-state index contributed by atoms with van der Waals surface area (Å²) in [5.74, 6) is 0.0374. The second kappa shape index (κ2) is 12.9. The fourth-order valence-corrected chi connectivity index (χ4v) is 5.54. The van der Waals surface area contributed by atoms with Crippen LogP contribution < -0.4 is 20.9 Å². The van der Waals surface area contributed by atoms with E-state index in [-0.39, 0.29) is 32.7 Å². The van der Waals surface area contributed by atoms with Crippen LogP contribution in [0.25, 0.3) is 0 Å². The lowest BCUT2D eigenvalue weighted by atomic mass is 10.0. The smallest absolute Gasteiger partial charge is 0.229 e. The van der Waals surface area contributed by atoms with Gasteiger partial charge < -0.3 is 25.8 Å². The van der Waals surface area contributed by atoms with Crippen LogP contribution in [0, 0.1) is 5.82 Å². The third kappa shape index (κ3) is 7.28. The highest BCUT2D eigenvalue weighted by atomic mass is 35.5. The number of likely N-dealkylation sites (N-methyl/N-ethyl adjacent to an activating group) is 1. The van der Waals surface area contributed by atoms with E-state index in [0.29, 0.717) is 28.9 Å². The predicted molar refractivity (Wildman–Crippen MR) is 163 cm³/mol. The number of amides is 1. The van der Waals surface area contributed by atoms with Gasteiger partial charge in [-0.15, -0.1) is 0 Å². The summed E-state index contributed by atoms with van der Waals surface area (Å²) >= 11 is 18.6. The van der Waals surface area contributed by atoms with Gasteiger partial charge in [-0.05, 0) is 32.0 Å². The number of piperidine rings is 1. The molecule has 2 aliphatic heterocycles. The molecule has 2 aliphatic rings. The predicted octanol–water partition coefficient (Wildman–Crippen LogP) is 5.63. The number of nitrogens with zero attached hydrogens (tertiary/aromatic N) is 6. The van der Waals surface area contributed by atoms with E-state index < -0.39 is 5.82 Å². The Kier molecular flexibility index (Phi) is 9.30. The van der Waals surface area contributed by atoms with E-state index in [1.54, 1.807) is 12.3 Å². The minimum absolute atomic E-state index is 0.167. The van der Waals surface area contributed by atoms with Gasteiger partial charge in [0.25, 0.3) is 0 Å². The standard InChI is InChI=1S/C27H31Cl3FN9O/c1-16(41)34-23-12-19(28)20(29)13-24(23)36-25-21(30)15-33-27(37-25)35-17-11-22(31)26(32-14-17)40-5-3-18(4-6-40)39-9-7-38(2)8-10-39/h11-15,18H,3-10H2,1-2H3,(H,34,41)(H2,33,35,36,37). The molecule has 0 radical (unpaired) electrons. The van der Waals surface area contributed by atoms with Crippen molar-refractivity contribution in [3.63, 3.8) is 0 Å². The van der Waals surface area contributed by atoms with Gasteiger partial charge >= 0.3 is 0 Å². The van der Waals surface area contributed by atoms with Crippen LogP contribution in [0.2, 0.25) is 15.1 Å². The van der Waals surface area contributed by atoms with Crippen LogP contribution >= 0.6 is 34.8 Å². The molecule has 5 rings (SSSR count). The van der Waals surface area contributed by atoms with Crippen LogP contribution in [0.3, 0.4) is 0 Å². The molecule has 218 valence electrons. The normalized spacial score (nSPS) is 17.0. The Balaban J connectivity index is 1.25. The number of carbonyl (C=O) groups is 1. The number of hydrogen-bond acceptors (Lipinski definition) is 9. The van der Waals surface area contributed by atoms with Crippen LogP contribution in [0.4, 0.5) is 39.0 Å². The highest BCUT2D eigenvalue weighted by Gasteiger charge is 2.28. The van der Waals surface area contributed by atoms with Crippen LogP contribution in [-0.4, -0.2) is 83.0 Å². The number of carbonyl (C=O) groups excluding carboxylic acids is 1. The second-order valence-corrected chi connectivity index (χ2v) is 11.4. The van der Waals surface area contributed by atoms with E-state index in [1.165, 1.54) is 25.3 Å². The van der Waals surface area contributed by atoms with Crippen molar-refractivity contribution < 1.29 is 9.18 Å². The first-order valence-electron chi connectivity index (χ1n) is 13.3. The zero-order chi connectivity index (χ0) is 29.1. The molecular weight excluding hydrogens is 592 g/mol. The number of piperazine rings is 1. The van der Waals surface area contributed by atoms with E-state index in [2.05, 4.69) is 47.7 Å². The maximum Gasteiger partial charge on any atom is 0.229 e. The lowest BCUT2D eigenvalue weighted by molar-refractivity contribution is -0.114. The number of hydrogen-bond donors (Lipinski definition) is 3. The first kappa shape index (κ1) is 29.5. The molecule has 2 aromatic heterocycles. The number of benzene rings is 1. The number of anilines is 6. The summed E-state index contributed by atoms with van der Waals surface area (Å²) in [7, 11) is 2.16. The number of aromatic nitrogens is 3. The maximum atomic E-state index is 15.2. The fourth-order valence-electron chi connectivity index (χ4n) is 5.08. The average molecular weight is 623 g/mol. The van der Waals surface area contributed by atoms with Crippen molar-refractivity contribution in [2.45, 2.75) is 25.8 Å². The van der Waals surface area contributed by atoms with Crippen molar-refractivity contribution in [3.8, 4) is 0 Å². The van der Waals surface area contributed by atoms with Gasteiger partial charge in [0.2, 0.25) is 11.9 Å². The molecule has 2 fully saturated rings. The third-order valence-electron chi connectivity index (χ3n) is 7.26. The monoisotopic (exact) mass is 621 g/mol. The Labute approximate surface area is 253 Å². The van der Waals surface area contributed by atoms with Crippen molar-refractivity contribution in [3.05, 3.63) is 51.5 Å². The van der Waals surface area contributed by atoms with Gasteiger partial charge in [0.15, 0.2) is 17.5 Å². The van der Waals surface area contributed by atoms with Crippen LogP contribution in [0.5, 0.6) is 0 Å². The second-order valence-electron chi connectivity index (χ2n) is 10.2. The van der Waals surface area contributed by atoms with Crippen molar-refractivity contribution in [1.82, 2.24) is 24.8 Å². The SMILES string of the molecule is CC(=O)Nc1cc(Cl)c(Cl)cc1Nc1nc(Nc2cnc(N3CCC(N4CCN(C)CC4)CC3)c(F)c2)ncc1Cl. The lowest BCUT2D eigenvalue weighted by Gasteiger charge is -2.42. The Morgan fingerprint density at radius 1 is 0.902 bits per heavy atom. The minimum Gasteiger partial charge on any atom is -0.354 e. The molecule has 4 heterocycles. The molecule has 2 saturated heterocycles. The molecule has 1 amide bonds. The first-order valence-corrected chi connectivity index (χ1v) is 14.5. The molecule has 14 heteroatoms. The Morgan fingerprint density at radius 3 is 2.24 bits per heavy atom. The number of halogens is 4. The van der Waals surface area contributed by atoms with Gasteiger partial charge in [0.1, 0.15) is 5.02 Å². The molecule has 10 nitrogen and oxygen atoms in total. The molecule has 3 N–H and O–H groups in total. The van der Waals surface area contributed by atoms with E-state index >= 15 is 4.39 Å². The molecule has 0 unspecified atom stereocenters. The molecule has 0 aliphatic carbocycles.